The molecule has 1 unspecified atom stereocenters. The number of azide groups is 2. The summed E-state index contributed by atoms with van der Waals surface area (Å²) in [7, 11) is 0. The van der Waals surface area contributed by atoms with Crippen LogP contribution in [0.3, 0.4) is 0 Å². The summed E-state index contributed by atoms with van der Waals surface area (Å²) in [5, 5.41) is 16.4. The van der Waals surface area contributed by atoms with Crippen molar-refractivity contribution in [3.8, 4) is 0 Å². The van der Waals surface area contributed by atoms with E-state index >= 15 is 0 Å². The Bertz CT molecular complexity index is 603. The Kier molecular flexibility index (Phi) is 6.16. The molecule has 2 rings (SSSR count). The Hall–Kier alpha value is -2.35. The predicted molar refractivity (Wildman–Crippen MR) is 77.7 cm³/mol. The van der Waals surface area contributed by atoms with Crippen molar-refractivity contribution < 1.29 is 19.0 Å². The normalized spacial score (nSPS) is 30.1. The molecule has 1 aromatic rings. The van der Waals surface area contributed by atoms with Crippen molar-refractivity contribution in [2.24, 2.45) is 10.2 Å². The van der Waals surface area contributed by atoms with Gasteiger partial charge in [-0.25, -0.2) is 4.39 Å². The monoisotopic (exact) mass is 322 g/mol. The number of halogens is 1. The summed E-state index contributed by atoms with van der Waals surface area (Å²) in [4.78, 5) is 5.12. The van der Waals surface area contributed by atoms with Crippen molar-refractivity contribution in [2.75, 3.05) is 6.54 Å². The van der Waals surface area contributed by atoms with Crippen LogP contribution in [0.25, 0.3) is 20.9 Å². The van der Waals surface area contributed by atoms with E-state index in [2.05, 4.69) is 20.1 Å². The van der Waals surface area contributed by atoms with Gasteiger partial charge in [-0.1, -0.05) is 40.6 Å². The van der Waals surface area contributed by atoms with Crippen LogP contribution in [-0.4, -0.2) is 42.4 Å². The van der Waals surface area contributed by atoms with Crippen molar-refractivity contribution in [3.05, 3.63) is 56.8 Å². The van der Waals surface area contributed by atoms with Crippen molar-refractivity contribution in [1.29, 1.82) is 0 Å². The zero-order valence-corrected chi connectivity index (χ0v) is 12.0. The highest BCUT2D eigenvalue weighted by Gasteiger charge is 2.45. The van der Waals surface area contributed by atoms with Gasteiger partial charge in [0, 0.05) is 9.82 Å². The van der Waals surface area contributed by atoms with Crippen LogP contribution in [0.2, 0.25) is 0 Å². The molecule has 0 aromatic heterocycles. The van der Waals surface area contributed by atoms with E-state index in [4.69, 9.17) is 20.5 Å². The minimum absolute atomic E-state index is 0.111. The van der Waals surface area contributed by atoms with Gasteiger partial charge in [0.25, 0.3) is 0 Å². The average Bonchev–Trinajstić information content (AvgIpc) is 2.58. The molecule has 0 radical (unpaired) electrons. The Labute approximate surface area is 130 Å². The molecule has 0 bridgehead atoms. The lowest BCUT2D eigenvalue weighted by Gasteiger charge is -2.39. The Morgan fingerprint density at radius 3 is 2.65 bits per heavy atom. The highest BCUT2D eigenvalue weighted by atomic mass is 19.1. The lowest BCUT2D eigenvalue weighted by atomic mass is 9.98. The molecule has 1 aliphatic rings. The van der Waals surface area contributed by atoms with Crippen LogP contribution in [0, 0.1) is 0 Å². The minimum Gasteiger partial charge on any atom is -0.387 e. The van der Waals surface area contributed by atoms with E-state index < -0.39 is 30.7 Å². The van der Waals surface area contributed by atoms with Gasteiger partial charge in [0.2, 0.25) is 0 Å². The van der Waals surface area contributed by atoms with E-state index in [-0.39, 0.29) is 13.2 Å². The van der Waals surface area contributed by atoms with Crippen molar-refractivity contribution in [1.82, 2.24) is 0 Å². The molecule has 1 saturated heterocycles. The molecule has 1 N–H and O–H groups in total. The largest absolute Gasteiger partial charge is 0.387 e. The first-order valence-corrected chi connectivity index (χ1v) is 6.85. The van der Waals surface area contributed by atoms with Crippen molar-refractivity contribution >= 4 is 0 Å². The van der Waals surface area contributed by atoms with E-state index in [0.29, 0.717) is 0 Å². The smallest absolute Gasteiger partial charge is 0.169 e. The molecule has 0 aliphatic carbocycles. The lowest BCUT2D eigenvalue weighted by Crippen LogP contribution is -2.56. The van der Waals surface area contributed by atoms with E-state index in [0.717, 1.165) is 5.56 Å². The minimum atomic E-state index is -1.89. The van der Waals surface area contributed by atoms with Gasteiger partial charge >= 0.3 is 0 Å². The average molecular weight is 322 g/mol. The molecule has 1 heterocycles. The second-order valence-electron chi connectivity index (χ2n) is 4.88. The number of hydrogen-bond acceptors (Lipinski definition) is 5. The zero-order valence-electron chi connectivity index (χ0n) is 12.0. The van der Waals surface area contributed by atoms with Gasteiger partial charge in [0.1, 0.15) is 18.3 Å². The molecule has 122 valence electrons. The third kappa shape index (κ3) is 4.32. The van der Waals surface area contributed by atoms with Crippen LogP contribution in [0.15, 0.2) is 40.6 Å². The Morgan fingerprint density at radius 2 is 2.00 bits per heavy atom. The molecular formula is C13H15FN6O3. The number of aliphatic hydroxyl groups is 1. The number of ether oxygens (including phenoxy) is 2. The highest BCUT2D eigenvalue weighted by molar-refractivity contribution is 5.13. The van der Waals surface area contributed by atoms with Gasteiger partial charge in [-0.05, 0) is 16.6 Å². The van der Waals surface area contributed by atoms with Crippen molar-refractivity contribution in [3.63, 3.8) is 0 Å². The molecular weight excluding hydrogens is 307 g/mol. The molecule has 0 saturated carbocycles. The maximum Gasteiger partial charge on any atom is 0.169 e. The molecule has 10 heteroatoms. The van der Waals surface area contributed by atoms with Gasteiger partial charge in [-0.15, -0.1) is 0 Å². The van der Waals surface area contributed by atoms with Gasteiger partial charge in [-0.2, -0.15) is 0 Å². The van der Waals surface area contributed by atoms with E-state index in [9.17, 15) is 9.50 Å². The summed E-state index contributed by atoms with van der Waals surface area (Å²) in [6.45, 7) is -0.147. The molecule has 23 heavy (non-hydrogen) atoms. The van der Waals surface area contributed by atoms with Gasteiger partial charge in [-0.3, -0.25) is 0 Å². The number of alkyl halides is 1. The quantitative estimate of drug-likeness (QED) is 0.489. The first kappa shape index (κ1) is 17.0. The summed E-state index contributed by atoms with van der Waals surface area (Å²) < 4.78 is 25.2. The maximum absolute atomic E-state index is 14.3. The third-order valence-corrected chi connectivity index (χ3v) is 3.39. The first-order valence-electron chi connectivity index (χ1n) is 6.85. The van der Waals surface area contributed by atoms with Crippen LogP contribution >= 0.6 is 0 Å². The summed E-state index contributed by atoms with van der Waals surface area (Å²) in [6, 6.07) is 7.76. The van der Waals surface area contributed by atoms with E-state index in [1.54, 1.807) is 0 Å². The fraction of sp³-hybridized carbons (Fsp3) is 0.538. The molecule has 1 fully saturated rings. The topological polar surface area (TPSA) is 136 Å². The molecule has 5 atom stereocenters. The highest BCUT2D eigenvalue weighted by Crippen LogP contribution is 2.28. The number of aliphatic hydroxyl groups excluding tert-OH is 1. The second-order valence-corrected chi connectivity index (χ2v) is 4.88. The standard InChI is InChI=1S/C13H15FN6O3/c14-10-11(18-20-16)13(22-7-8-4-2-1-3-5-8)23-9(12(10)21)6-17-19-15/h1-5,9-13,21H,6-7H2/t9-,10+,11-,12-,13?/m1/s1. The summed E-state index contributed by atoms with van der Waals surface area (Å²) in [5.74, 6) is 0. The third-order valence-electron chi connectivity index (χ3n) is 3.39. The maximum atomic E-state index is 14.3. The Balaban J connectivity index is 2.11. The molecule has 9 nitrogen and oxygen atoms in total. The molecule has 0 spiro atoms. The summed E-state index contributed by atoms with van der Waals surface area (Å²) in [6.07, 6.45) is -5.73. The van der Waals surface area contributed by atoms with Gasteiger partial charge in [0.15, 0.2) is 6.29 Å². The SMILES string of the molecule is [N-]=[N+]=NC[C@H]1OC(OCc2ccccc2)[C@H](N=[N+]=[N-])[C@H](F)[C@@H]1O. The summed E-state index contributed by atoms with van der Waals surface area (Å²) in [5.41, 5.74) is 17.7. The molecule has 1 aliphatic heterocycles. The molecule has 1 aromatic carbocycles. The number of rotatable bonds is 6. The number of nitrogens with zero attached hydrogens (tertiary/aromatic N) is 6. The van der Waals surface area contributed by atoms with Crippen LogP contribution in [-0.2, 0) is 16.1 Å². The van der Waals surface area contributed by atoms with Crippen LogP contribution in [0.1, 0.15) is 5.56 Å². The van der Waals surface area contributed by atoms with Gasteiger partial charge in [0.05, 0.1) is 19.3 Å². The van der Waals surface area contributed by atoms with Crippen molar-refractivity contribution in [2.45, 2.75) is 37.3 Å². The van der Waals surface area contributed by atoms with Crippen LogP contribution in [0.4, 0.5) is 4.39 Å². The Morgan fingerprint density at radius 1 is 1.26 bits per heavy atom. The fourth-order valence-corrected chi connectivity index (χ4v) is 2.23. The summed E-state index contributed by atoms with van der Waals surface area (Å²) >= 11 is 0. The fourth-order valence-electron chi connectivity index (χ4n) is 2.23. The zero-order chi connectivity index (χ0) is 16.7. The van der Waals surface area contributed by atoms with E-state index in [1.165, 1.54) is 0 Å². The predicted octanol–water partition coefficient (Wildman–Crippen LogP) is 2.62. The van der Waals surface area contributed by atoms with Crippen LogP contribution < -0.4 is 0 Å². The van der Waals surface area contributed by atoms with Crippen LogP contribution in [0.5, 0.6) is 0 Å². The second kappa shape index (κ2) is 8.33. The molecule has 0 amide bonds. The van der Waals surface area contributed by atoms with E-state index in [1.807, 2.05) is 30.3 Å². The van der Waals surface area contributed by atoms with Gasteiger partial charge < -0.3 is 14.6 Å². The number of hydrogen-bond donors (Lipinski definition) is 1. The lowest BCUT2D eigenvalue weighted by molar-refractivity contribution is -0.250. The number of benzene rings is 1. The first-order chi connectivity index (χ1) is 11.2.